The molecule has 0 spiro atoms. The fraction of sp³-hybridized carbons (Fsp3) is 0.357. The molecule has 2 rings (SSSR count). The van der Waals surface area contributed by atoms with E-state index in [0.29, 0.717) is 11.3 Å². The van der Waals surface area contributed by atoms with Gasteiger partial charge in [-0.2, -0.15) is 0 Å². The van der Waals surface area contributed by atoms with Crippen LogP contribution in [0.3, 0.4) is 0 Å². The van der Waals surface area contributed by atoms with Crippen molar-refractivity contribution < 1.29 is 24.2 Å². The van der Waals surface area contributed by atoms with Gasteiger partial charge in [0.25, 0.3) is 5.91 Å². The van der Waals surface area contributed by atoms with E-state index in [2.05, 4.69) is 5.32 Å². The first-order valence-electron chi connectivity index (χ1n) is 6.39. The van der Waals surface area contributed by atoms with Crippen LogP contribution in [0.2, 0.25) is 0 Å². The monoisotopic (exact) mass is 292 g/mol. The molecule has 112 valence electrons. The maximum absolute atomic E-state index is 12.5. The second-order valence-corrected chi connectivity index (χ2v) is 4.78. The van der Waals surface area contributed by atoms with Crippen LogP contribution in [0.5, 0.6) is 5.75 Å². The van der Waals surface area contributed by atoms with E-state index < -0.39 is 17.9 Å². The number of carbonyl (C=O) groups is 3. The summed E-state index contributed by atoms with van der Waals surface area (Å²) in [6.45, 7) is 1.47. The van der Waals surface area contributed by atoms with Crippen molar-refractivity contribution in [1.82, 2.24) is 10.2 Å². The van der Waals surface area contributed by atoms with Crippen LogP contribution in [-0.4, -0.2) is 54.0 Å². The van der Waals surface area contributed by atoms with Crippen LogP contribution >= 0.6 is 0 Å². The lowest BCUT2D eigenvalue weighted by molar-refractivity contribution is -0.144. The molecule has 1 heterocycles. The topological polar surface area (TPSA) is 95.9 Å². The Morgan fingerprint density at radius 3 is 2.76 bits per heavy atom. The Bertz CT molecular complexity index is 599. The number of benzene rings is 1. The molecule has 7 nitrogen and oxygen atoms in total. The molecule has 1 aromatic carbocycles. The smallest absolute Gasteiger partial charge is 0.328 e. The van der Waals surface area contributed by atoms with Gasteiger partial charge in [-0.05, 0) is 24.6 Å². The molecule has 1 saturated heterocycles. The molecule has 7 heteroatoms. The molecule has 0 radical (unpaired) electrons. The van der Waals surface area contributed by atoms with Crippen molar-refractivity contribution in [3.05, 3.63) is 29.3 Å². The number of aliphatic carboxylic acids is 1. The number of carbonyl (C=O) groups excluding carboxylic acids is 2. The van der Waals surface area contributed by atoms with Crippen LogP contribution in [-0.2, 0) is 9.59 Å². The van der Waals surface area contributed by atoms with Gasteiger partial charge in [-0.15, -0.1) is 0 Å². The number of amides is 2. The second kappa shape index (κ2) is 5.82. The van der Waals surface area contributed by atoms with E-state index in [0.717, 1.165) is 10.5 Å². The highest BCUT2D eigenvalue weighted by atomic mass is 16.5. The van der Waals surface area contributed by atoms with Crippen molar-refractivity contribution in [2.75, 3.05) is 20.2 Å². The third kappa shape index (κ3) is 2.96. The summed E-state index contributed by atoms with van der Waals surface area (Å²) < 4.78 is 5.15. The zero-order valence-corrected chi connectivity index (χ0v) is 11.8. The lowest BCUT2D eigenvalue weighted by Crippen LogP contribution is -2.59. The third-order valence-corrected chi connectivity index (χ3v) is 3.38. The molecule has 21 heavy (non-hydrogen) atoms. The van der Waals surface area contributed by atoms with Gasteiger partial charge in [-0.25, -0.2) is 4.79 Å². The SMILES string of the molecule is COc1cc(C(=O)N2CC(=O)NCC2C(=O)O)ccc1C. The number of hydrogen-bond donors (Lipinski definition) is 2. The molecule has 1 atom stereocenters. The second-order valence-electron chi connectivity index (χ2n) is 4.78. The van der Waals surface area contributed by atoms with Gasteiger partial charge in [0.2, 0.25) is 5.91 Å². The summed E-state index contributed by atoms with van der Waals surface area (Å²) in [5.74, 6) is -1.49. The van der Waals surface area contributed by atoms with Crippen LogP contribution in [0.4, 0.5) is 0 Å². The summed E-state index contributed by atoms with van der Waals surface area (Å²) in [4.78, 5) is 36.2. The largest absolute Gasteiger partial charge is 0.496 e. The minimum absolute atomic E-state index is 0.0943. The van der Waals surface area contributed by atoms with E-state index >= 15 is 0 Å². The Balaban J connectivity index is 2.32. The van der Waals surface area contributed by atoms with Crippen LogP contribution < -0.4 is 10.1 Å². The van der Waals surface area contributed by atoms with Gasteiger partial charge in [0.15, 0.2) is 0 Å². The predicted octanol–water partition coefficient (Wildman–Crippen LogP) is 0.0288. The first kappa shape index (κ1) is 14.8. The molecular formula is C14H16N2O5. The minimum atomic E-state index is -1.15. The normalized spacial score (nSPS) is 18.1. The molecule has 1 aliphatic heterocycles. The lowest BCUT2D eigenvalue weighted by atomic mass is 10.1. The van der Waals surface area contributed by atoms with Gasteiger partial charge in [-0.1, -0.05) is 6.07 Å². The molecular weight excluding hydrogens is 276 g/mol. The maximum Gasteiger partial charge on any atom is 0.328 e. The zero-order chi connectivity index (χ0) is 15.6. The molecule has 1 unspecified atom stereocenters. The number of rotatable bonds is 3. The summed E-state index contributed by atoms with van der Waals surface area (Å²) in [5, 5.41) is 11.6. The van der Waals surface area contributed by atoms with Gasteiger partial charge in [0.05, 0.1) is 7.11 Å². The van der Waals surface area contributed by atoms with E-state index in [1.807, 2.05) is 6.92 Å². The van der Waals surface area contributed by atoms with E-state index in [4.69, 9.17) is 9.84 Å². The number of carboxylic acid groups (broad SMARTS) is 1. The van der Waals surface area contributed by atoms with Crippen LogP contribution in [0.1, 0.15) is 15.9 Å². The number of nitrogens with zero attached hydrogens (tertiary/aromatic N) is 1. The Morgan fingerprint density at radius 2 is 2.14 bits per heavy atom. The van der Waals surface area contributed by atoms with Gasteiger partial charge in [-0.3, -0.25) is 9.59 Å². The molecule has 0 aromatic heterocycles. The number of nitrogens with one attached hydrogen (secondary N) is 1. The van der Waals surface area contributed by atoms with Gasteiger partial charge >= 0.3 is 5.97 Å². The summed E-state index contributed by atoms with van der Waals surface area (Å²) in [6.07, 6.45) is 0. The molecule has 1 fully saturated rings. The summed E-state index contributed by atoms with van der Waals surface area (Å²) >= 11 is 0. The summed E-state index contributed by atoms with van der Waals surface area (Å²) in [6, 6.07) is 3.78. The van der Waals surface area contributed by atoms with Gasteiger partial charge in [0.1, 0.15) is 18.3 Å². The highest BCUT2D eigenvalue weighted by molar-refractivity contribution is 6.00. The number of hydrogen-bond acceptors (Lipinski definition) is 4. The quantitative estimate of drug-likeness (QED) is 0.819. The number of methoxy groups -OCH3 is 1. The number of aryl methyl sites for hydroxylation is 1. The van der Waals surface area contributed by atoms with Crippen LogP contribution in [0, 0.1) is 6.92 Å². The van der Waals surface area contributed by atoms with E-state index in [1.165, 1.54) is 7.11 Å². The van der Waals surface area contributed by atoms with Crippen molar-refractivity contribution in [1.29, 1.82) is 0 Å². The third-order valence-electron chi connectivity index (χ3n) is 3.38. The molecule has 2 N–H and O–H groups in total. The Morgan fingerprint density at radius 1 is 1.43 bits per heavy atom. The fourth-order valence-corrected chi connectivity index (χ4v) is 2.19. The van der Waals surface area contributed by atoms with Crippen molar-refractivity contribution in [3.8, 4) is 5.75 Å². The van der Waals surface area contributed by atoms with Crippen LogP contribution in [0.15, 0.2) is 18.2 Å². The zero-order valence-electron chi connectivity index (χ0n) is 11.8. The Hall–Kier alpha value is -2.57. The number of piperazine rings is 1. The van der Waals surface area contributed by atoms with Crippen molar-refractivity contribution in [2.45, 2.75) is 13.0 Å². The van der Waals surface area contributed by atoms with Gasteiger partial charge < -0.3 is 20.1 Å². The molecule has 0 bridgehead atoms. The van der Waals surface area contributed by atoms with Crippen molar-refractivity contribution in [2.24, 2.45) is 0 Å². The van der Waals surface area contributed by atoms with Crippen molar-refractivity contribution in [3.63, 3.8) is 0 Å². The molecule has 2 amide bonds. The molecule has 0 aliphatic carbocycles. The number of ether oxygens (including phenoxy) is 1. The molecule has 1 aliphatic rings. The van der Waals surface area contributed by atoms with E-state index in [1.54, 1.807) is 18.2 Å². The minimum Gasteiger partial charge on any atom is -0.496 e. The van der Waals surface area contributed by atoms with E-state index in [-0.39, 0.29) is 19.0 Å². The highest BCUT2D eigenvalue weighted by Crippen LogP contribution is 2.21. The average Bonchev–Trinajstić information content (AvgIpc) is 2.46. The predicted molar refractivity (Wildman–Crippen MR) is 73.2 cm³/mol. The maximum atomic E-state index is 12.5. The van der Waals surface area contributed by atoms with Gasteiger partial charge in [0, 0.05) is 12.1 Å². The number of carboxylic acids is 1. The highest BCUT2D eigenvalue weighted by Gasteiger charge is 2.35. The average molecular weight is 292 g/mol. The molecule has 1 aromatic rings. The standard InChI is InChI=1S/C14H16N2O5/c1-8-3-4-9(5-11(8)21-2)13(18)16-7-12(17)15-6-10(16)14(19)20/h3-5,10H,6-7H2,1-2H3,(H,15,17)(H,19,20). The fourth-order valence-electron chi connectivity index (χ4n) is 2.19. The van der Waals surface area contributed by atoms with Crippen LogP contribution in [0.25, 0.3) is 0 Å². The molecule has 0 saturated carbocycles. The summed E-state index contributed by atoms with van der Waals surface area (Å²) in [7, 11) is 1.49. The first-order chi connectivity index (χ1) is 9.93. The van der Waals surface area contributed by atoms with Crippen molar-refractivity contribution >= 4 is 17.8 Å². The Kier molecular flexibility index (Phi) is 4.11. The lowest BCUT2D eigenvalue weighted by Gasteiger charge is -2.32. The first-order valence-corrected chi connectivity index (χ1v) is 6.39. The Labute approximate surface area is 121 Å². The summed E-state index contributed by atoms with van der Waals surface area (Å²) in [5.41, 5.74) is 1.15. The van der Waals surface area contributed by atoms with E-state index in [9.17, 15) is 14.4 Å².